The molecule has 2 nitrogen and oxygen atoms in total. The first-order chi connectivity index (χ1) is 10.3. The molecule has 4 heteroatoms. The van der Waals surface area contributed by atoms with Gasteiger partial charge in [-0.3, -0.25) is 0 Å². The molecule has 1 aromatic heterocycles. The lowest BCUT2D eigenvalue weighted by molar-refractivity contribution is 0.414. The predicted molar refractivity (Wildman–Crippen MR) is 89.5 cm³/mol. The number of benzene rings is 1. The molecule has 1 unspecified atom stereocenters. The molecule has 0 aliphatic heterocycles. The topological polar surface area (TPSA) is 21.3 Å². The summed E-state index contributed by atoms with van der Waals surface area (Å²) < 4.78 is 6.11. The van der Waals surface area contributed by atoms with E-state index in [9.17, 15) is 0 Å². The van der Waals surface area contributed by atoms with Crippen molar-refractivity contribution >= 4 is 22.9 Å². The Morgan fingerprint density at radius 3 is 2.57 bits per heavy atom. The molecular formula is C17H20ClNOS. The minimum absolute atomic E-state index is 0.464. The van der Waals surface area contributed by atoms with E-state index in [0.29, 0.717) is 6.04 Å². The van der Waals surface area contributed by atoms with Gasteiger partial charge in [0, 0.05) is 17.5 Å². The van der Waals surface area contributed by atoms with E-state index in [2.05, 4.69) is 23.5 Å². The van der Waals surface area contributed by atoms with Crippen LogP contribution < -0.4 is 10.1 Å². The first kappa shape index (κ1) is 14.9. The minimum Gasteiger partial charge on any atom is -0.497 e. The lowest BCUT2D eigenvalue weighted by Crippen LogP contribution is -2.25. The van der Waals surface area contributed by atoms with Crippen molar-refractivity contribution < 1.29 is 4.74 Å². The van der Waals surface area contributed by atoms with Crippen molar-refractivity contribution in [3.63, 3.8) is 0 Å². The number of ether oxygens (including phenoxy) is 1. The maximum Gasteiger partial charge on any atom is 0.118 e. The summed E-state index contributed by atoms with van der Waals surface area (Å²) in [6, 6.07) is 13.0. The molecule has 1 heterocycles. The van der Waals surface area contributed by atoms with Crippen molar-refractivity contribution in [3.8, 4) is 5.75 Å². The SMILES string of the molecule is COc1ccc(C(NCCc2ccc(Cl)s2)C2CC2)cc1. The van der Waals surface area contributed by atoms with Crippen LogP contribution in [0.15, 0.2) is 36.4 Å². The molecule has 1 atom stereocenters. The van der Waals surface area contributed by atoms with E-state index in [1.165, 1.54) is 23.3 Å². The molecule has 1 aromatic carbocycles. The summed E-state index contributed by atoms with van der Waals surface area (Å²) in [4.78, 5) is 1.34. The molecule has 0 saturated heterocycles. The van der Waals surface area contributed by atoms with Gasteiger partial charge in [-0.05, 0) is 55.0 Å². The maximum atomic E-state index is 5.97. The highest BCUT2D eigenvalue weighted by Crippen LogP contribution is 2.41. The summed E-state index contributed by atoms with van der Waals surface area (Å²) >= 11 is 7.65. The van der Waals surface area contributed by atoms with Crippen LogP contribution in [0.25, 0.3) is 0 Å². The number of rotatable bonds is 7. The second-order valence-electron chi connectivity index (χ2n) is 5.50. The van der Waals surface area contributed by atoms with Gasteiger partial charge < -0.3 is 10.1 Å². The zero-order valence-corrected chi connectivity index (χ0v) is 13.7. The van der Waals surface area contributed by atoms with E-state index in [1.807, 2.05) is 18.2 Å². The third-order valence-corrected chi connectivity index (χ3v) is 5.22. The van der Waals surface area contributed by atoms with E-state index in [1.54, 1.807) is 18.4 Å². The highest BCUT2D eigenvalue weighted by Gasteiger charge is 2.31. The van der Waals surface area contributed by atoms with Gasteiger partial charge in [0.25, 0.3) is 0 Å². The van der Waals surface area contributed by atoms with Crippen molar-refractivity contribution in [2.24, 2.45) is 5.92 Å². The van der Waals surface area contributed by atoms with E-state index >= 15 is 0 Å². The van der Waals surface area contributed by atoms with Crippen molar-refractivity contribution in [2.45, 2.75) is 25.3 Å². The van der Waals surface area contributed by atoms with Crippen LogP contribution in [0.5, 0.6) is 5.75 Å². The summed E-state index contributed by atoms with van der Waals surface area (Å²) in [6.07, 6.45) is 3.69. The summed E-state index contributed by atoms with van der Waals surface area (Å²) in [5.74, 6) is 1.70. The summed E-state index contributed by atoms with van der Waals surface area (Å²) in [5, 5.41) is 3.72. The van der Waals surface area contributed by atoms with E-state index < -0.39 is 0 Å². The van der Waals surface area contributed by atoms with E-state index in [0.717, 1.165) is 29.0 Å². The van der Waals surface area contributed by atoms with Gasteiger partial charge in [0.2, 0.25) is 0 Å². The molecule has 0 amide bonds. The number of halogens is 1. The van der Waals surface area contributed by atoms with Gasteiger partial charge in [-0.1, -0.05) is 23.7 Å². The largest absolute Gasteiger partial charge is 0.497 e. The standard InChI is InChI=1S/C17H20ClNOS/c1-20-14-6-4-13(5-7-14)17(12-2-3-12)19-11-10-15-8-9-16(18)21-15/h4-9,12,17,19H,2-3,10-11H2,1H3. The Hall–Kier alpha value is -1.03. The Balaban J connectivity index is 1.59. The molecule has 3 rings (SSSR count). The molecule has 1 aliphatic rings. The Morgan fingerprint density at radius 2 is 2.00 bits per heavy atom. The van der Waals surface area contributed by atoms with Crippen molar-refractivity contribution in [3.05, 3.63) is 51.2 Å². The van der Waals surface area contributed by atoms with Crippen LogP contribution in [0, 0.1) is 5.92 Å². The maximum absolute atomic E-state index is 5.97. The van der Waals surface area contributed by atoms with Gasteiger partial charge in [0.15, 0.2) is 0 Å². The third kappa shape index (κ3) is 4.00. The van der Waals surface area contributed by atoms with Gasteiger partial charge >= 0.3 is 0 Å². The van der Waals surface area contributed by atoms with Crippen molar-refractivity contribution in [1.29, 1.82) is 0 Å². The van der Waals surface area contributed by atoms with Crippen molar-refractivity contribution in [2.75, 3.05) is 13.7 Å². The molecule has 0 radical (unpaired) electrons. The molecule has 112 valence electrons. The monoisotopic (exact) mass is 321 g/mol. The third-order valence-electron chi connectivity index (χ3n) is 3.93. The smallest absolute Gasteiger partial charge is 0.118 e. The molecule has 1 fully saturated rings. The molecule has 1 N–H and O–H groups in total. The van der Waals surface area contributed by atoms with Crippen LogP contribution in [0.3, 0.4) is 0 Å². The van der Waals surface area contributed by atoms with Gasteiger partial charge in [0.05, 0.1) is 11.4 Å². The Bertz CT molecular complexity index is 577. The molecule has 1 aliphatic carbocycles. The van der Waals surface area contributed by atoms with Gasteiger partial charge in [0.1, 0.15) is 5.75 Å². The average molecular weight is 322 g/mol. The number of thiophene rings is 1. The Morgan fingerprint density at radius 1 is 1.24 bits per heavy atom. The van der Waals surface area contributed by atoms with Gasteiger partial charge in [-0.15, -0.1) is 11.3 Å². The summed E-state index contributed by atoms with van der Waals surface area (Å²) in [7, 11) is 1.71. The first-order valence-electron chi connectivity index (χ1n) is 7.38. The van der Waals surface area contributed by atoms with Crippen LogP contribution >= 0.6 is 22.9 Å². The number of methoxy groups -OCH3 is 1. The van der Waals surface area contributed by atoms with Crippen LogP contribution in [0.1, 0.15) is 29.3 Å². The Kier molecular flexibility index (Phi) is 4.84. The number of nitrogens with one attached hydrogen (secondary N) is 1. The van der Waals surface area contributed by atoms with Gasteiger partial charge in [-0.2, -0.15) is 0 Å². The van der Waals surface area contributed by atoms with Crippen LogP contribution in [-0.4, -0.2) is 13.7 Å². The fraction of sp³-hybridized carbons (Fsp3) is 0.412. The normalized spacial score (nSPS) is 15.9. The molecule has 21 heavy (non-hydrogen) atoms. The summed E-state index contributed by atoms with van der Waals surface area (Å²) in [5.41, 5.74) is 1.36. The highest BCUT2D eigenvalue weighted by molar-refractivity contribution is 7.16. The lowest BCUT2D eigenvalue weighted by atomic mass is 10.0. The highest BCUT2D eigenvalue weighted by atomic mass is 35.5. The predicted octanol–water partition coefficient (Wildman–Crippen LogP) is 4.69. The molecule has 0 spiro atoms. The summed E-state index contributed by atoms with van der Waals surface area (Å²) in [6.45, 7) is 0.990. The molecule has 0 bridgehead atoms. The first-order valence-corrected chi connectivity index (χ1v) is 8.57. The Labute approximate surface area is 135 Å². The quantitative estimate of drug-likeness (QED) is 0.798. The molecular weight excluding hydrogens is 302 g/mol. The average Bonchev–Trinajstić information content (AvgIpc) is 3.26. The number of hydrogen-bond donors (Lipinski definition) is 1. The van der Waals surface area contributed by atoms with E-state index in [-0.39, 0.29) is 0 Å². The fourth-order valence-corrected chi connectivity index (χ4v) is 3.72. The fourth-order valence-electron chi connectivity index (χ4n) is 2.63. The van der Waals surface area contributed by atoms with Crippen LogP contribution in [0.2, 0.25) is 4.34 Å². The number of hydrogen-bond acceptors (Lipinski definition) is 3. The zero-order valence-electron chi connectivity index (χ0n) is 12.1. The van der Waals surface area contributed by atoms with Crippen molar-refractivity contribution in [1.82, 2.24) is 5.32 Å². The van der Waals surface area contributed by atoms with Gasteiger partial charge in [-0.25, -0.2) is 0 Å². The second-order valence-corrected chi connectivity index (χ2v) is 7.30. The minimum atomic E-state index is 0.464. The van der Waals surface area contributed by atoms with Crippen LogP contribution in [-0.2, 0) is 6.42 Å². The van der Waals surface area contributed by atoms with E-state index in [4.69, 9.17) is 16.3 Å². The molecule has 1 saturated carbocycles. The van der Waals surface area contributed by atoms with Crippen LogP contribution in [0.4, 0.5) is 0 Å². The second kappa shape index (κ2) is 6.82. The lowest BCUT2D eigenvalue weighted by Gasteiger charge is -2.19. The molecule has 2 aromatic rings. The zero-order chi connectivity index (χ0) is 14.7.